The van der Waals surface area contributed by atoms with Crippen molar-refractivity contribution >= 4 is 11.1 Å². The molecule has 2 unspecified atom stereocenters. The van der Waals surface area contributed by atoms with E-state index in [0.717, 1.165) is 18.3 Å². The van der Waals surface area contributed by atoms with Crippen LogP contribution in [0.25, 0.3) is 11.1 Å². The number of benzene rings is 1. The maximum atomic E-state index is 2.47. The van der Waals surface area contributed by atoms with Gasteiger partial charge in [0.1, 0.15) is 0 Å². The summed E-state index contributed by atoms with van der Waals surface area (Å²) in [6.45, 7) is 18.3. The molecule has 0 bridgehead atoms. The van der Waals surface area contributed by atoms with Gasteiger partial charge in [-0.15, -0.1) is 0 Å². The van der Waals surface area contributed by atoms with Crippen molar-refractivity contribution in [1.29, 1.82) is 0 Å². The molecule has 29 heavy (non-hydrogen) atoms. The topological polar surface area (TPSA) is 0 Å². The van der Waals surface area contributed by atoms with Crippen molar-refractivity contribution in [1.82, 2.24) is 0 Å². The van der Waals surface area contributed by atoms with E-state index >= 15 is 0 Å². The number of rotatable bonds is 2. The van der Waals surface area contributed by atoms with Crippen LogP contribution < -0.4 is 0 Å². The summed E-state index contributed by atoms with van der Waals surface area (Å²) in [7, 11) is 0. The average Bonchev–Trinajstić information content (AvgIpc) is 3.62. The summed E-state index contributed by atoms with van der Waals surface area (Å²) in [4.78, 5) is 0. The van der Waals surface area contributed by atoms with Gasteiger partial charge in [-0.05, 0) is 59.4 Å². The zero-order valence-corrected chi connectivity index (χ0v) is 20.4. The lowest BCUT2D eigenvalue weighted by atomic mass is 9.90. The maximum absolute atomic E-state index is 2.47. The lowest BCUT2D eigenvalue weighted by Crippen LogP contribution is -1.95. The van der Waals surface area contributed by atoms with Gasteiger partial charge in [0, 0.05) is 0 Å². The second kappa shape index (κ2) is 15.8. The van der Waals surface area contributed by atoms with Crippen molar-refractivity contribution in [3.05, 3.63) is 83.5 Å². The van der Waals surface area contributed by atoms with Gasteiger partial charge in [0.2, 0.25) is 0 Å². The molecular formula is C29H44. The molecular weight excluding hydrogens is 348 g/mol. The van der Waals surface area contributed by atoms with Gasteiger partial charge in [0.05, 0.1) is 0 Å². The first-order valence-corrected chi connectivity index (χ1v) is 11.9. The van der Waals surface area contributed by atoms with Crippen LogP contribution in [0.3, 0.4) is 0 Å². The zero-order valence-electron chi connectivity index (χ0n) is 20.4. The van der Waals surface area contributed by atoms with Crippen molar-refractivity contribution in [3.63, 3.8) is 0 Å². The molecule has 1 aromatic carbocycles. The van der Waals surface area contributed by atoms with Gasteiger partial charge < -0.3 is 0 Å². The quantitative estimate of drug-likeness (QED) is 0.470. The number of allylic oxidation sites excluding steroid dienone is 10. The van der Waals surface area contributed by atoms with Crippen molar-refractivity contribution in [2.75, 3.05) is 0 Å². The minimum atomic E-state index is 0.799. The molecule has 2 atom stereocenters. The molecule has 0 heterocycles. The van der Waals surface area contributed by atoms with Crippen LogP contribution in [0.15, 0.2) is 66.8 Å². The summed E-state index contributed by atoms with van der Waals surface area (Å²) in [5.41, 5.74) is 6.84. The molecule has 0 saturated heterocycles. The predicted octanol–water partition coefficient (Wildman–Crippen LogP) is 9.59. The van der Waals surface area contributed by atoms with Gasteiger partial charge in [-0.1, -0.05) is 122 Å². The third kappa shape index (κ3) is 7.69. The first kappa shape index (κ1) is 26.9. The van der Waals surface area contributed by atoms with Crippen LogP contribution in [-0.4, -0.2) is 0 Å². The normalized spacial score (nSPS) is 19.6. The molecule has 0 radical (unpaired) electrons. The van der Waals surface area contributed by atoms with E-state index in [4.69, 9.17) is 0 Å². The molecule has 160 valence electrons. The van der Waals surface area contributed by atoms with Crippen LogP contribution in [0.1, 0.15) is 84.9 Å². The van der Waals surface area contributed by atoms with Crippen LogP contribution >= 0.6 is 0 Å². The van der Waals surface area contributed by atoms with Crippen molar-refractivity contribution in [2.24, 2.45) is 11.8 Å². The van der Waals surface area contributed by atoms with E-state index in [2.05, 4.69) is 73.7 Å². The first-order valence-electron chi connectivity index (χ1n) is 11.9. The fourth-order valence-electron chi connectivity index (χ4n) is 3.36. The van der Waals surface area contributed by atoms with Gasteiger partial charge in [-0.2, -0.15) is 0 Å². The highest BCUT2D eigenvalue weighted by molar-refractivity contribution is 5.84. The van der Waals surface area contributed by atoms with E-state index in [-0.39, 0.29) is 0 Å². The second-order valence-electron chi connectivity index (χ2n) is 6.21. The summed E-state index contributed by atoms with van der Waals surface area (Å²) in [5.74, 6) is 1.63. The Labute approximate surface area is 181 Å². The molecule has 0 spiro atoms. The Hall–Kier alpha value is -2.08. The van der Waals surface area contributed by atoms with Gasteiger partial charge in [-0.3, -0.25) is 0 Å². The minimum absolute atomic E-state index is 0.799. The fraction of sp³-hybridized carbons (Fsp3) is 0.448. The first-order chi connectivity index (χ1) is 14.3. The molecule has 0 amide bonds. The number of fused-ring (bicyclic) bond motifs is 1. The highest BCUT2D eigenvalue weighted by Gasteiger charge is 2.35. The fourth-order valence-corrected chi connectivity index (χ4v) is 3.36. The highest BCUT2D eigenvalue weighted by Crippen LogP contribution is 2.46. The van der Waals surface area contributed by atoms with E-state index in [9.17, 15) is 0 Å². The smallest absolute Gasteiger partial charge is 0.0149 e. The van der Waals surface area contributed by atoms with E-state index in [0.29, 0.717) is 0 Å². The summed E-state index contributed by atoms with van der Waals surface area (Å²) in [6.07, 6.45) is 20.6. The summed E-state index contributed by atoms with van der Waals surface area (Å²) < 4.78 is 0. The Kier molecular flexibility index (Phi) is 14.7. The average molecular weight is 393 g/mol. The molecule has 0 nitrogen and oxygen atoms in total. The maximum Gasteiger partial charge on any atom is -0.0149 e. The Morgan fingerprint density at radius 2 is 1.34 bits per heavy atom. The van der Waals surface area contributed by atoms with Crippen LogP contribution in [0.2, 0.25) is 0 Å². The van der Waals surface area contributed by atoms with Crippen LogP contribution in [-0.2, 0) is 0 Å². The van der Waals surface area contributed by atoms with Crippen molar-refractivity contribution < 1.29 is 0 Å². The SMILES string of the molecule is CC.CC.CC.CC.Cc1c(C2=CC=CCC=C2)cccc1C1=CC2CC2C=C1. The number of hydrogen-bond acceptors (Lipinski definition) is 0. The van der Waals surface area contributed by atoms with Crippen molar-refractivity contribution in [2.45, 2.75) is 75.2 Å². The van der Waals surface area contributed by atoms with E-state index in [1.165, 1.54) is 34.3 Å². The highest BCUT2D eigenvalue weighted by atomic mass is 14.4. The Bertz CT molecular complexity index is 722. The molecule has 1 aromatic rings. The Morgan fingerprint density at radius 1 is 0.724 bits per heavy atom. The second-order valence-corrected chi connectivity index (χ2v) is 6.21. The van der Waals surface area contributed by atoms with Gasteiger partial charge >= 0.3 is 0 Å². The number of hydrogen-bond donors (Lipinski definition) is 0. The third-order valence-corrected chi connectivity index (χ3v) is 4.75. The summed E-state index contributed by atoms with van der Waals surface area (Å²) >= 11 is 0. The van der Waals surface area contributed by atoms with E-state index < -0.39 is 0 Å². The standard InChI is InChI=1S/C21H20.4C2H6/c1-15-20(16-7-4-2-3-5-8-16)9-6-10-21(15)18-12-11-17-13-19(17)14-18;4*1-2/h2,4-12,14,17,19H,3,13H2,1H3;4*1-2H3. The molecule has 1 fully saturated rings. The molecule has 3 aliphatic rings. The van der Waals surface area contributed by atoms with Crippen molar-refractivity contribution in [3.8, 4) is 0 Å². The molecule has 0 N–H and O–H groups in total. The molecule has 0 aromatic heterocycles. The minimum Gasteiger partial charge on any atom is -0.0807 e. The molecule has 0 aliphatic heterocycles. The van der Waals surface area contributed by atoms with Crippen LogP contribution in [0, 0.1) is 18.8 Å². The summed E-state index contributed by atoms with van der Waals surface area (Å²) in [5, 5.41) is 0. The monoisotopic (exact) mass is 392 g/mol. The van der Waals surface area contributed by atoms with Crippen LogP contribution in [0.4, 0.5) is 0 Å². The van der Waals surface area contributed by atoms with Gasteiger partial charge in [0.15, 0.2) is 0 Å². The predicted molar refractivity (Wildman–Crippen MR) is 136 cm³/mol. The van der Waals surface area contributed by atoms with Gasteiger partial charge in [-0.25, -0.2) is 0 Å². The van der Waals surface area contributed by atoms with Crippen LogP contribution in [0.5, 0.6) is 0 Å². The lowest BCUT2D eigenvalue weighted by Gasteiger charge is -2.14. The molecule has 0 heteroatoms. The van der Waals surface area contributed by atoms with E-state index in [1.807, 2.05) is 55.4 Å². The molecule has 3 aliphatic carbocycles. The van der Waals surface area contributed by atoms with Gasteiger partial charge in [0.25, 0.3) is 0 Å². The third-order valence-electron chi connectivity index (χ3n) is 4.75. The summed E-state index contributed by atoms with van der Waals surface area (Å²) in [6, 6.07) is 6.68. The Balaban J connectivity index is 0.000000881. The molecule has 4 rings (SSSR count). The lowest BCUT2D eigenvalue weighted by molar-refractivity contribution is 0.984. The molecule has 1 saturated carbocycles. The zero-order chi connectivity index (χ0) is 22.2. The largest absolute Gasteiger partial charge is 0.0807 e. The van der Waals surface area contributed by atoms with E-state index in [1.54, 1.807) is 0 Å². The Morgan fingerprint density at radius 3 is 1.97 bits per heavy atom.